The molecule has 16 nitrogen and oxygen atoms in total. The Labute approximate surface area is 413 Å². The van der Waals surface area contributed by atoms with Gasteiger partial charge in [0.1, 0.15) is 11.2 Å². The van der Waals surface area contributed by atoms with Crippen LogP contribution >= 0.6 is 0 Å². The molecule has 1 spiro atoms. The summed E-state index contributed by atoms with van der Waals surface area (Å²) in [5.74, 6) is -2.42. The lowest BCUT2D eigenvalue weighted by atomic mass is 9.47. The van der Waals surface area contributed by atoms with Crippen LogP contribution in [0.4, 0.5) is 9.57 Å². The first-order valence-corrected chi connectivity index (χ1v) is 25.8. The third-order valence-corrected chi connectivity index (χ3v) is 18.2. The summed E-state index contributed by atoms with van der Waals surface area (Å²) in [4.78, 5) is 67.3. The Morgan fingerprint density at radius 3 is 2.32 bits per heavy atom. The lowest BCUT2D eigenvalue weighted by Crippen LogP contribution is -2.81. The number of fused-ring (bicyclic) bond motifs is 6. The third kappa shape index (κ3) is 6.93. The van der Waals surface area contributed by atoms with Crippen LogP contribution in [0.25, 0.3) is 10.9 Å². The maximum absolute atomic E-state index is 15.7. The van der Waals surface area contributed by atoms with Crippen molar-refractivity contribution in [3.63, 3.8) is 0 Å². The number of methoxy groups -OCH3 is 3. The number of aromatic amines is 1. The summed E-state index contributed by atoms with van der Waals surface area (Å²) >= 11 is 0. The highest BCUT2D eigenvalue weighted by Gasteiger charge is 2.80. The normalized spacial score (nSPS) is 32.8. The van der Waals surface area contributed by atoms with Gasteiger partial charge in [-0.3, -0.25) is 19.3 Å². The highest BCUT2D eigenvalue weighted by atomic mass is 32.3. The number of hydrogen-bond donors (Lipinski definition) is 3. The van der Waals surface area contributed by atoms with E-state index < -0.39 is 78.5 Å². The molecular formula is C53H62FN5O11S. The first-order valence-electron chi connectivity index (χ1n) is 24.5. The minimum Gasteiger partial charge on any atom is -0.496 e. The average molecular weight is 996 g/mol. The van der Waals surface area contributed by atoms with Crippen LogP contribution in [0.5, 0.6) is 5.75 Å². The van der Waals surface area contributed by atoms with E-state index in [0.29, 0.717) is 87.5 Å². The maximum atomic E-state index is 15.7. The molecule has 4 aromatic rings. The first-order chi connectivity index (χ1) is 33.8. The molecule has 1 saturated carbocycles. The predicted octanol–water partition coefficient (Wildman–Crippen LogP) is 5.09. The molecule has 2 saturated heterocycles. The SMILES string of the molecule is CC[C@]1(NC(=O)c2ccc(S(=O)(=O)F)cc2)C[C@H]2CN(CCc3c([nH]c4ccccc34)[C@@](C(=O)OC)(c3cc4c(cc3OC)N(C)[C@H]3[C@@](O)(C(=O)OC)[C@H](OC(C)=O)[C@]5(CC)C=CCN6CC[C@]43[C@@H]65)C2)C1. The number of hydrogen-bond acceptors (Lipinski definition) is 14. The van der Waals surface area contributed by atoms with E-state index in [4.69, 9.17) is 18.9 Å². The zero-order chi connectivity index (χ0) is 50.6. The van der Waals surface area contributed by atoms with Gasteiger partial charge >= 0.3 is 28.1 Å². The van der Waals surface area contributed by atoms with Gasteiger partial charge in [0.15, 0.2) is 6.10 Å². The van der Waals surface area contributed by atoms with Gasteiger partial charge in [0.05, 0.1) is 37.8 Å². The van der Waals surface area contributed by atoms with E-state index in [9.17, 15) is 31.8 Å². The van der Waals surface area contributed by atoms with Crippen molar-refractivity contribution in [2.45, 2.75) is 104 Å². The highest BCUT2D eigenvalue weighted by molar-refractivity contribution is 7.86. The summed E-state index contributed by atoms with van der Waals surface area (Å²) in [6, 6.07) is 15.3. The van der Waals surface area contributed by atoms with E-state index >= 15 is 4.79 Å². The summed E-state index contributed by atoms with van der Waals surface area (Å²) in [5, 5.41) is 17.7. The second-order valence-electron chi connectivity index (χ2n) is 20.7. The predicted molar refractivity (Wildman–Crippen MR) is 260 cm³/mol. The Morgan fingerprint density at radius 1 is 0.930 bits per heavy atom. The second-order valence-corrected chi connectivity index (χ2v) is 22.0. The molecule has 1 unspecified atom stereocenters. The molecule has 10 atom stereocenters. The molecule has 6 heterocycles. The van der Waals surface area contributed by atoms with Crippen molar-refractivity contribution in [2.24, 2.45) is 11.3 Å². The minimum absolute atomic E-state index is 0.172. The number of amides is 1. The molecule has 2 bridgehead atoms. The van der Waals surface area contributed by atoms with E-state index in [1.165, 1.54) is 33.3 Å². The number of nitrogens with zero attached hydrogens (tertiary/aromatic N) is 3. The van der Waals surface area contributed by atoms with E-state index in [2.05, 4.69) is 26.2 Å². The number of aliphatic hydroxyl groups is 1. The lowest BCUT2D eigenvalue weighted by molar-refractivity contribution is -0.228. The summed E-state index contributed by atoms with van der Waals surface area (Å²) in [5.41, 5.74) is -2.20. The van der Waals surface area contributed by atoms with Gasteiger partial charge in [-0.1, -0.05) is 44.2 Å². The van der Waals surface area contributed by atoms with Crippen molar-refractivity contribution in [3.8, 4) is 5.75 Å². The largest absolute Gasteiger partial charge is 0.496 e. The molecule has 3 aromatic carbocycles. The van der Waals surface area contributed by atoms with Crippen LogP contribution in [-0.2, 0) is 56.1 Å². The van der Waals surface area contributed by atoms with Crippen LogP contribution < -0.4 is 15.0 Å². The number of nitrogens with one attached hydrogen (secondary N) is 2. The highest BCUT2D eigenvalue weighted by Crippen LogP contribution is 2.68. The zero-order valence-corrected chi connectivity index (χ0v) is 42.0. The Morgan fingerprint density at radius 2 is 1.66 bits per heavy atom. The number of H-pyrrole nitrogens is 1. The molecule has 10 rings (SSSR count). The smallest absolute Gasteiger partial charge is 0.344 e. The molecule has 3 N–H and O–H groups in total. The third-order valence-electron chi connectivity index (χ3n) is 17.4. The average Bonchev–Trinajstić information content (AvgIpc) is 4.02. The molecule has 71 heavy (non-hydrogen) atoms. The molecule has 5 aliphatic heterocycles. The van der Waals surface area contributed by atoms with Gasteiger partial charge < -0.3 is 44.2 Å². The number of halogens is 1. The molecule has 378 valence electrons. The van der Waals surface area contributed by atoms with Gasteiger partial charge in [0.2, 0.25) is 5.60 Å². The molecule has 1 aliphatic carbocycles. The van der Waals surface area contributed by atoms with Crippen LogP contribution in [0.2, 0.25) is 0 Å². The molecule has 1 amide bonds. The maximum Gasteiger partial charge on any atom is 0.344 e. The minimum atomic E-state index is -4.97. The van der Waals surface area contributed by atoms with Gasteiger partial charge in [0, 0.05) is 96.5 Å². The topological polar surface area (TPSA) is 197 Å². The van der Waals surface area contributed by atoms with Crippen LogP contribution in [0.3, 0.4) is 0 Å². The molecule has 18 heteroatoms. The van der Waals surface area contributed by atoms with Gasteiger partial charge in [-0.15, -0.1) is 3.89 Å². The van der Waals surface area contributed by atoms with Crippen molar-refractivity contribution >= 4 is 50.6 Å². The van der Waals surface area contributed by atoms with Crippen molar-refractivity contribution in [1.82, 2.24) is 20.1 Å². The van der Waals surface area contributed by atoms with E-state index in [0.717, 1.165) is 34.2 Å². The summed E-state index contributed by atoms with van der Waals surface area (Å²) in [6.45, 7) is 8.11. The molecule has 6 aliphatic rings. The number of aromatic nitrogens is 1. The zero-order valence-electron chi connectivity index (χ0n) is 41.2. The van der Waals surface area contributed by atoms with Crippen molar-refractivity contribution in [1.29, 1.82) is 0 Å². The van der Waals surface area contributed by atoms with Crippen LogP contribution in [0.1, 0.15) is 85.6 Å². The Balaban J connectivity index is 1.19. The number of para-hydroxylation sites is 1. The van der Waals surface area contributed by atoms with E-state index in [1.807, 2.05) is 68.3 Å². The van der Waals surface area contributed by atoms with Gasteiger partial charge in [-0.25, -0.2) is 4.79 Å². The summed E-state index contributed by atoms with van der Waals surface area (Å²) in [7, 11) is 1.02. The van der Waals surface area contributed by atoms with Gasteiger partial charge in [0.25, 0.3) is 5.91 Å². The van der Waals surface area contributed by atoms with Crippen LogP contribution in [0.15, 0.2) is 77.7 Å². The number of carbonyl (C=O) groups is 4. The van der Waals surface area contributed by atoms with E-state index in [1.54, 1.807) is 7.11 Å². The fourth-order valence-electron chi connectivity index (χ4n) is 14.8. The number of piperidine rings is 1. The summed E-state index contributed by atoms with van der Waals surface area (Å²) < 4.78 is 61.2. The molecule has 1 aromatic heterocycles. The molecular weight excluding hydrogens is 934 g/mol. The fourth-order valence-corrected chi connectivity index (χ4v) is 15.3. The fraction of sp³-hybridized carbons (Fsp3) is 0.509. The Bertz CT molecular complexity index is 3000. The monoisotopic (exact) mass is 995 g/mol. The Hall–Kier alpha value is -5.82. The Kier molecular flexibility index (Phi) is 11.8. The number of anilines is 1. The number of esters is 3. The standard InChI is InChI=1S/C53H62FN5O11S/c1-8-49(56-43(61)33-15-17-34(18-16-33)71(54,65)66)27-32-28-52(47(62)68-6,42-36(19-23-58(29-32)30-49)35-13-10-11-14-39(35)55-42)38-25-37-40(26-41(38)67-5)57(4)45-51(37)21-24-59-22-12-20-50(9-2,44(51)59)46(70-31(3)60)53(45,64)48(63)69-7/h10-18,20,25-26,32,44-46,55,64H,8-9,19,21-24,27-30H2,1-7H3,(H,56,61)/t32-,44+,45-,46-,49+,50-,51-,52+,53+/m1/s1. The molecule has 3 fully saturated rings. The van der Waals surface area contributed by atoms with Crippen molar-refractivity contribution in [3.05, 3.63) is 101 Å². The van der Waals surface area contributed by atoms with Crippen LogP contribution in [0, 0.1) is 11.3 Å². The first kappa shape index (κ1) is 48.8. The number of benzene rings is 3. The molecule has 0 radical (unpaired) electrons. The van der Waals surface area contributed by atoms with E-state index in [-0.39, 0.29) is 23.9 Å². The van der Waals surface area contributed by atoms with Crippen LogP contribution in [-0.4, -0.2) is 143 Å². The summed E-state index contributed by atoms with van der Waals surface area (Å²) in [6.07, 6.45) is 5.32. The van der Waals surface area contributed by atoms with Crippen molar-refractivity contribution in [2.75, 3.05) is 66.0 Å². The number of ether oxygens (including phenoxy) is 4. The quantitative estimate of drug-likeness (QED) is 0.0823. The van der Waals surface area contributed by atoms with Gasteiger partial charge in [-0.05, 0) is 98.5 Å². The number of likely N-dealkylation sites (N-methyl/N-ethyl adjacent to an activating group) is 1. The van der Waals surface area contributed by atoms with Crippen molar-refractivity contribution < 1.29 is 55.5 Å². The van der Waals surface area contributed by atoms with Gasteiger partial charge in [-0.2, -0.15) is 8.42 Å². The second kappa shape index (κ2) is 17.2. The number of carbonyl (C=O) groups excluding carboxylic acids is 4. The number of rotatable bonds is 10. The lowest BCUT2D eigenvalue weighted by Gasteiger charge is -2.63.